The van der Waals surface area contributed by atoms with E-state index in [1.54, 1.807) is 11.0 Å². The number of nitro groups is 1. The van der Waals surface area contributed by atoms with Gasteiger partial charge in [-0.05, 0) is 37.8 Å². The zero-order valence-electron chi connectivity index (χ0n) is 14.3. The Hall–Kier alpha value is -2.52. The van der Waals surface area contributed by atoms with Crippen LogP contribution in [0, 0.1) is 16.0 Å². The molecule has 0 aliphatic carbocycles. The molecule has 1 fully saturated rings. The zero-order valence-corrected chi connectivity index (χ0v) is 15.1. The largest absolute Gasteiger partial charge is 0.339 e. The lowest BCUT2D eigenvalue weighted by Crippen LogP contribution is -2.42. The third kappa shape index (κ3) is 4.00. The second kappa shape index (κ2) is 8.24. The molecule has 0 saturated carbocycles. The molecule has 0 bridgehead atoms. The molecule has 0 radical (unpaired) electrons. The maximum atomic E-state index is 12.7. The molecule has 2 N–H and O–H groups in total. The Bertz CT molecular complexity index is 772. The van der Waals surface area contributed by atoms with Crippen LogP contribution >= 0.6 is 12.4 Å². The van der Waals surface area contributed by atoms with Gasteiger partial charge in [0.1, 0.15) is 18.3 Å². The van der Waals surface area contributed by atoms with Crippen LogP contribution in [0.4, 0.5) is 5.69 Å². The lowest BCUT2D eigenvalue weighted by Gasteiger charge is -2.33. The van der Waals surface area contributed by atoms with E-state index in [2.05, 4.69) is 10.1 Å². The van der Waals surface area contributed by atoms with E-state index in [9.17, 15) is 14.9 Å². The molecule has 0 spiro atoms. The van der Waals surface area contributed by atoms with Gasteiger partial charge in [-0.25, -0.2) is 9.67 Å². The topological polar surface area (TPSA) is 120 Å². The number of amides is 1. The average molecular weight is 381 g/mol. The fourth-order valence-electron chi connectivity index (χ4n) is 3.14. The molecule has 1 aliphatic heterocycles. The summed E-state index contributed by atoms with van der Waals surface area (Å²) in [7, 11) is 0. The van der Waals surface area contributed by atoms with Crippen molar-refractivity contribution in [1.29, 1.82) is 0 Å². The van der Waals surface area contributed by atoms with Crippen LogP contribution in [-0.2, 0) is 0 Å². The van der Waals surface area contributed by atoms with Crippen LogP contribution in [0.1, 0.15) is 30.1 Å². The van der Waals surface area contributed by atoms with E-state index in [1.807, 2.05) is 6.92 Å². The van der Waals surface area contributed by atoms with Gasteiger partial charge in [-0.1, -0.05) is 0 Å². The van der Waals surface area contributed by atoms with Crippen LogP contribution in [0.15, 0.2) is 30.9 Å². The SMILES string of the molecule is CC(N)C1CCN(C(=O)c2ccc(-n3cncn3)c([N+](=O)[O-])c2)CC1.Cl. The number of aromatic nitrogens is 3. The van der Waals surface area contributed by atoms with Gasteiger partial charge in [0.05, 0.1) is 4.92 Å². The standard InChI is InChI=1S/C16H20N6O3.ClH/c1-11(17)12-4-6-20(7-5-12)16(23)13-2-3-14(15(8-13)22(24)25)21-10-18-9-19-21;/h2-3,8-12H,4-7,17H2,1H3;1H. The van der Waals surface area contributed by atoms with E-state index >= 15 is 0 Å². The number of benzene rings is 1. The fraction of sp³-hybridized carbons (Fsp3) is 0.438. The first-order valence-corrected chi connectivity index (χ1v) is 8.15. The van der Waals surface area contributed by atoms with Crippen LogP contribution in [0.2, 0.25) is 0 Å². The first-order chi connectivity index (χ1) is 12.0. The van der Waals surface area contributed by atoms with Crippen LogP contribution in [-0.4, -0.2) is 49.6 Å². The van der Waals surface area contributed by atoms with Crippen LogP contribution in [0.25, 0.3) is 5.69 Å². The summed E-state index contributed by atoms with van der Waals surface area (Å²) in [6, 6.07) is 4.52. The summed E-state index contributed by atoms with van der Waals surface area (Å²) in [5.41, 5.74) is 6.32. The Labute approximate surface area is 156 Å². The molecule has 1 aromatic heterocycles. The van der Waals surface area contributed by atoms with Crippen molar-refractivity contribution in [2.45, 2.75) is 25.8 Å². The number of nitrogens with two attached hydrogens (primary N) is 1. The highest BCUT2D eigenvalue weighted by molar-refractivity contribution is 5.95. The summed E-state index contributed by atoms with van der Waals surface area (Å²) in [6.07, 6.45) is 4.37. The monoisotopic (exact) mass is 380 g/mol. The highest BCUT2D eigenvalue weighted by Gasteiger charge is 2.27. The van der Waals surface area contributed by atoms with Crippen molar-refractivity contribution >= 4 is 24.0 Å². The number of nitro benzene ring substituents is 1. The van der Waals surface area contributed by atoms with Gasteiger partial charge >= 0.3 is 0 Å². The summed E-state index contributed by atoms with van der Waals surface area (Å²) in [5.74, 6) is 0.212. The summed E-state index contributed by atoms with van der Waals surface area (Å²) in [6.45, 7) is 3.21. The van der Waals surface area contributed by atoms with Gasteiger partial charge in [0.25, 0.3) is 11.6 Å². The van der Waals surface area contributed by atoms with Crippen molar-refractivity contribution in [1.82, 2.24) is 19.7 Å². The maximum Gasteiger partial charge on any atom is 0.295 e. The minimum atomic E-state index is -0.518. The highest BCUT2D eigenvalue weighted by atomic mass is 35.5. The minimum Gasteiger partial charge on any atom is -0.339 e. The van der Waals surface area contributed by atoms with Crippen molar-refractivity contribution in [2.75, 3.05) is 13.1 Å². The van der Waals surface area contributed by atoms with E-state index in [0.717, 1.165) is 12.8 Å². The highest BCUT2D eigenvalue weighted by Crippen LogP contribution is 2.26. The van der Waals surface area contributed by atoms with Gasteiger partial charge in [0, 0.05) is 30.8 Å². The molecule has 9 nitrogen and oxygen atoms in total. The molecule has 140 valence electrons. The summed E-state index contributed by atoms with van der Waals surface area (Å²) in [5, 5.41) is 15.3. The van der Waals surface area contributed by atoms with Crippen molar-refractivity contribution in [3.63, 3.8) is 0 Å². The summed E-state index contributed by atoms with van der Waals surface area (Å²) < 4.78 is 1.31. The van der Waals surface area contributed by atoms with Gasteiger partial charge in [-0.2, -0.15) is 5.10 Å². The van der Waals surface area contributed by atoms with Gasteiger partial charge in [0.2, 0.25) is 0 Å². The summed E-state index contributed by atoms with van der Waals surface area (Å²) in [4.78, 5) is 29.1. The van der Waals surface area contributed by atoms with Crippen LogP contribution in [0.3, 0.4) is 0 Å². The van der Waals surface area contributed by atoms with Gasteiger partial charge in [0.15, 0.2) is 0 Å². The molecule has 1 saturated heterocycles. The maximum absolute atomic E-state index is 12.7. The number of hydrogen-bond acceptors (Lipinski definition) is 6. The number of nitrogens with zero attached hydrogens (tertiary/aromatic N) is 5. The van der Waals surface area contributed by atoms with E-state index < -0.39 is 4.92 Å². The van der Waals surface area contributed by atoms with Crippen molar-refractivity contribution in [3.8, 4) is 5.69 Å². The van der Waals surface area contributed by atoms with Crippen molar-refractivity contribution in [2.24, 2.45) is 11.7 Å². The van der Waals surface area contributed by atoms with Crippen molar-refractivity contribution < 1.29 is 9.72 Å². The van der Waals surface area contributed by atoms with E-state index in [4.69, 9.17) is 5.73 Å². The number of likely N-dealkylation sites (tertiary alicyclic amines) is 1. The molecular weight excluding hydrogens is 360 g/mol. The molecule has 10 heteroatoms. The van der Waals surface area contributed by atoms with E-state index in [1.165, 1.54) is 29.5 Å². The first-order valence-electron chi connectivity index (χ1n) is 8.15. The first kappa shape index (κ1) is 19.8. The Morgan fingerprint density at radius 1 is 1.38 bits per heavy atom. The molecule has 2 heterocycles. The van der Waals surface area contributed by atoms with E-state index in [0.29, 0.717) is 24.6 Å². The molecule has 26 heavy (non-hydrogen) atoms. The number of piperidine rings is 1. The molecule has 1 atom stereocenters. The van der Waals surface area contributed by atoms with Crippen LogP contribution in [0.5, 0.6) is 0 Å². The van der Waals surface area contributed by atoms with Crippen molar-refractivity contribution in [3.05, 3.63) is 46.5 Å². The molecule has 1 aliphatic rings. The van der Waals surface area contributed by atoms with E-state index in [-0.39, 0.29) is 35.7 Å². The fourth-order valence-corrected chi connectivity index (χ4v) is 3.14. The molecule has 1 aromatic carbocycles. The second-order valence-corrected chi connectivity index (χ2v) is 6.29. The lowest BCUT2D eigenvalue weighted by molar-refractivity contribution is -0.384. The predicted molar refractivity (Wildman–Crippen MR) is 97.5 cm³/mol. The molecular formula is C16H21ClN6O3. The Morgan fingerprint density at radius 2 is 2.08 bits per heavy atom. The molecule has 1 amide bonds. The number of carbonyl (C=O) groups is 1. The number of rotatable bonds is 4. The lowest BCUT2D eigenvalue weighted by atomic mass is 9.90. The third-order valence-electron chi connectivity index (χ3n) is 4.66. The molecule has 3 rings (SSSR count). The quantitative estimate of drug-likeness (QED) is 0.637. The minimum absolute atomic E-state index is 0. The normalized spacial score (nSPS) is 16.0. The Morgan fingerprint density at radius 3 is 2.62 bits per heavy atom. The smallest absolute Gasteiger partial charge is 0.295 e. The average Bonchev–Trinajstić information content (AvgIpc) is 3.15. The number of carbonyl (C=O) groups excluding carboxylic acids is 1. The molecule has 2 aromatic rings. The predicted octanol–water partition coefficient (Wildman–Crippen LogP) is 1.80. The Balaban J connectivity index is 0.00000243. The zero-order chi connectivity index (χ0) is 18.0. The van der Waals surface area contributed by atoms with Gasteiger partial charge in [-0.3, -0.25) is 14.9 Å². The van der Waals surface area contributed by atoms with Crippen LogP contribution < -0.4 is 5.73 Å². The molecule has 1 unspecified atom stereocenters. The van der Waals surface area contributed by atoms with Gasteiger partial charge < -0.3 is 10.6 Å². The third-order valence-corrected chi connectivity index (χ3v) is 4.66. The Kier molecular flexibility index (Phi) is 6.27. The number of hydrogen-bond donors (Lipinski definition) is 1. The number of halogens is 1. The van der Waals surface area contributed by atoms with Gasteiger partial charge in [-0.15, -0.1) is 12.4 Å². The second-order valence-electron chi connectivity index (χ2n) is 6.29. The summed E-state index contributed by atoms with van der Waals surface area (Å²) >= 11 is 0.